The molecule has 0 atom stereocenters. The van der Waals surface area contributed by atoms with Crippen molar-refractivity contribution in [2.75, 3.05) is 0 Å². The van der Waals surface area contributed by atoms with Crippen LogP contribution in [0, 0.1) is 0 Å². The molecular formula is C16H11ClO2S. The third-order valence-electron chi connectivity index (χ3n) is 2.89. The average molecular weight is 303 g/mol. The van der Waals surface area contributed by atoms with Crippen molar-refractivity contribution < 1.29 is 9.53 Å². The Labute approximate surface area is 125 Å². The largest absolute Gasteiger partial charge is 0.424 e. The van der Waals surface area contributed by atoms with Crippen LogP contribution in [-0.4, -0.2) is 5.97 Å². The number of carbonyl (C=O) groups is 1. The molecule has 1 heterocycles. The molecule has 0 amide bonds. The third-order valence-corrected chi connectivity index (χ3v) is 4.32. The zero-order valence-corrected chi connectivity index (χ0v) is 12.3. The first-order valence-electron chi connectivity index (χ1n) is 6.11. The first kappa shape index (κ1) is 13.2. The maximum absolute atomic E-state index is 11.4. The molecule has 2 aromatic carbocycles. The van der Waals surface area contributed by atoms with Crippen molar-refractivity contribution in [3.63, 3.8) is 0 Å². The molecular weight excluding hydrogens is 292 g/mol. The number of thiophene rings is 1. The molecule has 4 heteroatoms. The molecule has 0 bridgehead atoms. The van der Waals surface area contributed by atoms with Gasteiger partial charge in [-0.1, -0.05) is 41.9 Å². The average Bonchev–Trinajstić information content (AvgIpc) is 2.77. The lowest BCUT2D eigenvalue weighted by Crippen LogP contribution is -2.01. The van der Waals surface area contributed by atoms with Crippen LogP contribution in [0.2, 0.25) is 5.02 Å². The predicted octanol–water partition coefficient (Wildman–Crippen LogP) is 5.15. The lowest BCUT2D eigenvalue weighted by atomic mass is 10.1. The normalized spacial score (nSPS) is 10.7. The summed E-state index contributed by atoms with van der Waals surface area (Å²) >= 11 is 7.64. The molecule has 1 aromatic heterocycles. The Morgan fingerprint density at radius 1 is 1.15 bits per heavy atom. The van der Waals surface area contributed by atoms with Gasteiger partial charge in [-0.2, -0.15) is 0 Å². The van der Waals surface area contributed by atoms with E-state index < -0.39 is 0 Å². The summed E-state index contributed by atoms with van der Waals surface area (Å²) in [6, 6.07) is 15.5. The van der Waals surface area contributed by atoms with Crippen molar-refractivity contribution in [1.82, 2.24) is 0 Å². The zero-order chi connectivity index (χ0) is 14.1. The van der Waals surface area contributed by atoms with Crippen LogP contribution in [0.5, 0.6) is 5.75 Å². The molecule has 3 aromatic rings. The van der Waals surface area contributed by atoms with E-state index in [1.54, 1.807) is 11.3 Å². The van der Waals surface area contributed by atoms with Gasteiger partial charge in [-0.15, -0.1) is 11.3 Å². The van der Waals surface area contributed by atoms with E-state index in [0.29, 0.717) is 10.8 Å². The third kappa shape index (κ3) is 2.42. The highest BCUT2D eigenvalue weighted by molar-refractivity contribution is 7.22. The topological polar surface area (TPSA) is 26.3 Å². The van der Waals surface area contributed by atoms with Crippen molar-refractivity contribution in [2.24, 2.45) is 0 Å². The second kappa shape index (κ2) is 5.27. The molecule has 100 valence electrons. The number of fused-ring (bicyclic) bond motifs is 1. The fourth-order valence-electron chi connectivity index (χ4n) is 2.07. The highest BCUT2D eigenvalue weighted by atomic mass is 35.5. The highest BCUT2D eigenvalue weighted by Crippen LogP contribution is 2.45. The summed E-state index contributed by atoms with van der Waals surface area (Å²) < 4.78 is 6.47. The van der Waals surface area contributed by atoms with Crippen LogP contribution >= 0.6 is 22.9 Å². The van der Waals surface area contributed by atoms with Crippen LogP contribution in [0.1, 0.15) is 6.92 Å². The Bertz CT molecular complexity index is 778. The maximum atomic E-state index is 11.4. The van der Waals surface area contributed by atoms with Gasteiger partial charge in [0, 0.05) is 22.0 Å². The zero-order valence-electron chi connectivity index (χ0n) is 10.7. The smallest absolute Gasteiger partial charge is 0.308 e. The lowest BCUT2D eigenvalue weighted by Gasteiger charge is -2.04. The minimum Gasteiger partial charge on any atom is -0.424 e. The summed E-state index contributed by atoms with van der Waals surface area (Å²) in [5.41, 5.74) is 1.03. The van der Waals surface area contributed by atoms with Crippen LogP contribution < -0.4 is 4.74 Å². The Kier molecular flexibility index (Phi) is 3.47. The number of rotatable bonds is 2. The molecule has 0 fully saturated rings. The Balaban J connectivity index is 2.28. The van der Waals surface area contributed by atoms with Crippen LogP contribution in [0.15, 0.2) is 48.5 Å². The molecule has 0 aliphatic carbocycles. The maximum Gasteiger partial charge on any atom is 0.308 e. The van der Waals surface area contributed by atoms with Crippen LogP contribution in [0.4, 0.5) is 0 Å². The van der Waals surface area contributed by atoms with Gasteiger partial charge in [-0.3, -0.25) is 4.79 Å². The molecule has 0 spiro atoms. The minimum absolute atomic E-state index is 0.332. The number of hydrogen-bond donors (Lipinski definition) is 0. The first-order valence-corrected chi connectivity index (χ1v) is 7.30. The molecule has 0 N–H and O–H groups in total. The van der Waals surface area contributed by atoms with Crippen molar-refractivity contribution in [2.45, 2.75) is 6.92 Å². The van der Waals surface area contributed by atoms with Gasteiger partial charge < -0.3 is 4.74 Å². The van der Waals surface area contributed by atoms with Gasteiger partial charge in [0.2, 0.25) is 0 Å². The van der Waals surface area contributed by atoms with E-state index in [0.717, 1.165) is 20.5 Å². The quantitative estimate of drug-likeness (QED) is 0.612. The number of carbonyl (C=O) groups excluding carboxylic acids is 1. The van der Waals surface area contributed by atoms with Crippen LogP contribution in [-0.2, 0) is 4.79 Å². The van der Waals surface area contributed by atoms with Gasteiger partial charge >= 0.3 is 5.97 Å². The van der Waals surface area contributed by atoms with Crippen LogP contribution in [0.3, 0.4) is 0 Å². The molecule has 2 nitrogen and oxygen atoms in total. The van der Waals surface area contributed by atoms with Crippen molar-refractivity contribution >= 4 is 39.0 Å². The van der Waals surface area contributed by atoms with Gasteiger partial charge in [-0.05, 0) is 23.8 Å². The van der Waals surface area contributed by atoms with Gasteiger partial charge in [-0.25, -0.2) is 0 Å². The van der Waals surface area contributed by atoms with Crippen molar-refractivity contribution in [3.05, 3.63) is 53.6 Å². The second-order valence-corrected chi connectivity index (χ2v) is 5.85. The number of benzene rings is 2. The Hall–Kier alpha value is -1.84. The molecule has 0 unspecified atom stereocenters. The van der Waals surface area contributed by atoms with Crippen molar-refractivity contribution in [3.8, 4) is 16.2 Å². The monoisotopic (exact) mass is 302 g/mol. The summed E-state index contributed by atoms with van der Waals surface area (Å²) in [7, 11) is 0. The van der Waals surface area contributed by atoms with E-state index in [4.69, 9.17) is 16.3 Å². The fourth-order valence-corrected chi connectivity index (χ4v) is 3.36. The second-order valence-electron chi connectivity index (χ2n) is 4.36. The molecule has 0 saturated carbocycles. The van der Waals surface area contributed by atoms with Crippen molar-refractivity contribution in [1.29, 1.82) is 0 Å². The number of hydrogen-bond acceptors (Lipinski definition) is 3. The van der Waals surface area contributed by atoms with Gasteiger partial charge in [0.25, 0.3) is 0 Å². The first-order chi connectivity index (χ1) is 9.65. The fraction of sp³-hybridized carbons (Fsp3) is 0.0625. The Morgan fingerprint density at radius 2 is 1.90 bits per heavy atom. The molecule has 0 radical (unpaired) electrons. The summed E-state index contributed by atoms with van der Waals surface area (Å²) in [6.07, 6.45) is 0. The number of halogens is 1. The summed E-state index contributed by atoms with van der Waals surface area (Å²) in [4.78, 5) is 12.3. The summed E-state index contributed by atoms with van der Waals surface area (Å²) in [6.45, 7) is 1.41. The van der Waals surface area contributed by atoms with E-state index in [1.165, 1.54) is 6.92 Å². The predicted molar refractivity (Wildman–Crippen MR) is 83.6 cm³/mol. The van der Waals surface area contributed by atoms with Gasteiger partial charge in [0.1, 0.15) is 0 Å². The molecule has 0 saturated heterocycles. The van der Waals surface area contributed by atoms with E-state index in [1.807, 2.05) is 48.5 Å². The molecule has 20 heavy (non-hydrogen) atoms. The van der Waals surface area contributed by atoms with E-state index in [-0.39, 0.29) is 5.97 Å². The number of ether oxygens (including phenoxy) is 1. The lowest BCUT2D eigenvalue weighted by molar-refractivity contribution is -0.131. The van der Waals surface area contributed by atoms with E-state index in [9.17, 15) is 4.79 Å². The van der Waals surface area contributed by atoms with Crippen LogP contribution in [0.25, 0.3) is 20.5 Å². The summed E-state index contributed by atoms with van der Waals surface area (Å²) in [5, 5.41) is 1.50. The Morgan fingerprint density at radius 3 is 2.60 bits per heavy atom. The van der Waals surface area contributed by atoms with E-state index in [2.05, 4.69) is 0 Å². The van der Waals surface area contributed by atoms with Gasteiger partial charge in [0.05, 0.1) is 4.88 Å². The highest BCUT2D eigenvalue weighted by Gasteiger charge is 2.17. The molecule has 0 aliphatic rings. The van der Waals surface area contributed by atoms with E-state index >= 15 is 0 Å². The molecule has 3 rings (SSSR count). The SMILES string of the molecule is CC(=O)Oc1c(-c2ccccc2)sc2ccc(Cl)cc12. The molecule has 0 aliphatic heterocycles. The summed E-state index contributed by atoms with van der Waals surface area (Å²) in [5.74, 6) is 0.257. The van der Waals surface area contributed by atoms with Gasteiger partial charge in [0.15, 0.2) is 5.75 Å². The standard InChI is InChI=1S/C16H11ClO2S/c1-10(18)19-15-13-9-12(17)7-8-14(13)20-16(15)11-5-3-2-4-6-11/h2-9H,1H3. The number of esters is 1. The minimum atomic E-state index is -0.332.